The van der Waals surface area contributed by atoms with Gasteiger partial charge in [0.2, 0.25) is 0 Å². The van der Waals surface area contributed by atoms with Gasteiger partial charge < -0.3 is 14.6 Å². The zero-order valence-electron chi connectivity index (χ0n) is 19.6. The van der Waals surface area contributed by atoms with Crippen molar-refractivity contribution in [3.63, 3.8) is 0 Å². The van der Waals surface area contributed by atoms with Crippen LogP contribution >= 0.6 is 45.2 Å². The number of allylic oxidation sites excluding steroid dienone is 2. The fourth-order valence-corrected chi connectivity index (χ4v) is 4.23. The van der Waals surface area contributed by atoms with E-state index in [-0.39, 0.29) is 6.61 Å². The van der Waals surface area contributed by atoms with Crippen molar-refractivity contribution >= 4 is 45.2 Å². The highest BCUT2D eigenvalue weighted by molar-refractivity contribution is 14.1. The fourth-order valence-electron chi connectivity index (χ4n) is 3.52. The van der Waals surface area contributed by atoms with E-state index in [4.69, 9.17) is 9.47 Å². The van der Waals surface area contributed by atoms with Crippen LogP contribution in [0.1, 0.15) is 95.5 Å². The Balaban J connectivity index is 2.20. The van der Waals surface area contributed by atoms with Crippen LogP contribution in [-0.2, 0) is 6.61 Å². The highest BCUT2D eigenvalue weighted by Crippen LogP contribution is 2.29. The first-order valence-electron chi connectivity index (χ1n) is 12.3. The smallest absolute Gasteiger partial charge is 0.161 e. The van der Waals surface area contributed by atoms with Gasteiger partial charge in [0.05, 0.1) is 19.8 Å². The van der Waals surface area contributed by atoms with Gasteiger partial charge in [-0.15, -0.1) is 0 Å². The Hall–Kier alpha value is -0.280. The fraction of sp³-hybridized carbons (Fsp3) is 0.630. The molecular weight excluding hydrogens is 626 g/mol. The van der Waals surface area contributed by atoms with E-state index in [1.807, 2.05) is 18.2 Å². The lowest BCUT2D eigenvalue weighted by molar-refractivity contribution is 0.254. The maximum absolute atomic E-state index is 9.46. The first-order valence-corrected chi connectivity index (χ1v) is 14.8. The zero-order chi connectivity index (χ0) is 23.1. The van der Waals surface area contributed by atoms with E-state index in [2.05, 4.69) is 65.5 Å². The summed E-state index contributed by atoms with van der Waals surface area (Å²) in [7, 11) is 0. The maximum atomic E-state index is 9.46. The summed E-state index contributed by atoms with van der Waals surface area (Å²) in [6, 6.07) is 5.77. The summed E-state index contributed by atoms with van der Waals surface area (Å²) in [5.74, 6) is 1.57. The first kappa shape index (κ1) is 29.8. The second-order valence-electron chi connectivity index (χ2n) is 8.18. The van der Waals surface area contributed by atoms with Crippen LogP contribution in [-0.4, -0.2) is 18.3 Å². The highest BCUT2D eigenvalue weighted by atomic mass is 127. The van der Waals surface area contributed by atoms with Crippen molar-refractivity contribution in [2.75, 3.05) is 13.2 Å². The van der Waals surface area contributed by atoms with Crippen molar-refractivity contribution in [2.45, 2.75) is 96.5 Å². The third-order valence-corrected chi connectivity index (χ3v) is 6.43. The van der Waals surface area contributed by atoms with E-state index >= 15 is 0 Å². The Labute approximate surface area is 223 Å². The van der Waals surface area contributed by atoms with E-state index in [1.165, 1.54) is 77.0 Å². The standard InChI is InChI=1S/C27H42I2O3/c28-19-13-9-5-1-3-7-11-15-21-31-26-18-17-25(24-30)23-27(26)32-22-16-12-8-4-2-6-10-14-20-29/h13-14,17-20,23,30H,1-12,15-16,21-22,24H2/b19-13-,20-14-. The molecule has 0 aromatic heterocycles. The summed E-state index contributed by atoms with van der Waals surface area (Å²) in [5, 5.41) is 9.46. The second-order valence-corrected chi connectivity index (χ2v) is 9.62. The van der Waals surface area contributed by atoms with Gasteiger partial charge in [0, 0.05) is 0 Å². The van der Waals surface area contributed by atoms with E-state index in [1.54, 1.807) is 0 Å². The van der Waals surface area contributed by atoms with E-state index in [9.17, 15) is 5.11 Å². The Bertz CT molecular complexity index is 617. The normalized spacial score (nSPS) is 11.6. The molecule has 0 unspecified atom stereocenters. The molecule has 1 aromatic carbocycles. The molecular formula is C27H42I2O3. The Morgan fingerprint density at radius 2 is 1.09 bits per heavy atom. The Morgan fingerprint density at radius 1 is 0.625 bits per heavy atom. The van der Waals surface area contributed by atoms with Crippen LogP contribution in [0.2, 0.25) is 0 Å². The van der Waals surface area contributed by atoms with Crippen LogP contribution < -0.4 is 9.47 Å². The van der Waals surface area contributed by atoms with Gasteiger partial charge in [-0.1, -0.05) is 115 Å². The highest BCUT2D eigenvalue weighted by Gasteiger charge is 2.07. The molecule has 0 aliphatic carbocycles. The number of aliphatic hydroxyl groups excluding tert-OH is 1. The Kier molecular flexibility index (Phi) is 20.9. The second kappa shape index (κ2) is 22.5. The zero-order valence-corrected chi connectivity index (χ0v) is 23.9. The summed E-state index contributed by atoms with van der Waals surface area (Å²) in [4.78, 5) is 0. The number of unbranched alkanes of at least 4 members (excludes halogenated alkanes) is 12. The van der Waals surface area contributed by atoms with Gasteiger partial charge in [0.1, 0.15) is 0 Å². The number of ether oxygens (including phenoxy) is 2. The lowest BCUT2D eigenvalue weighted by Crippen LogP contribution is -2.03. The molecule has 0 fully saturated rings. The summed E-state index contributed by atoms with van der Waals surface area (Å²) in [5.41, 5.74) is 0.866. The largest absolute Gasteiger partial charge is 0.490 e. The predicted octanol–water partition coefficient (Wildman–Crippen LogP) is 9.30. The van der Waals surface area contributed by atoms with Crippen LogP contribution in [0.15, 0.2) is 38.5 Å². The molecule has 0 atom stereocenters. The van der Waals surface area contributed by atoms with Gasteiger partial charge in [-0.3, -0.25) is 0 Å². The number of benzene rings is 1. The Morgan fingerprint density at radius 3 is 1.59 bits per heavy atom. The number of hydrogen-bond donors (Lipinski definition) is 1. The molecule has 1 rings (SSSR count). The molecule has 0 radical (unpaired) electrons. The van der Waals surface area contributed by atoms with Crippen LogP contribution in [0.3, 0.4) is 0 Å². The molecule has 0 aliphatic rings. The molecule has 5 heteroatoms. The minimum absolute atomic E-state index is 0.0248. The van der Waals surface area contributed by atoms with E-state index in [0.29, 0.717) is 6.61 Å². The molecule has 0 aliphatic heterocycles. The lowest BCUT2D eigenvalue weighted by atomic mass is 10.1. The van der Waals surface area contributed by atoms with Gasteiger partial charge in [0.15, 0.2) is 11.5 Å². The monoisotopic (exact) mass is 668 g/mol. The van der Waals surface area contributed by atoms with Crippen molar-refractivity contribution in [3.8, 4) is 11.5 Å². The molecule has 3 nitrogen and oxygen atoms in total. The van der Waals surface area contributed by atoms with Crippen molar-refractivity contribution in [1.29, 1.82) is 0 Å². The van der Waals surface area contributed by atoms with Crippen molar-refractivity contribution in [3.05, 3.63) is 44.1 Å². The third-order valence-electron chi connectivity index (χ3n) is 5.41. The molecule has 32 heavy (non-hydrogen) atoms. The molecule has 0 heterocycles. The van der Waals surface area contributed by atoms with Crippen LogP contribution in [0.5, 0.6) is 11.5 Å². The van der Waals surface area contributed by atoms with Crippen molar-refractivity contribution < 1.29 is 14.6 Å². The van der Waals surface area contributed by atoms with Crippen molar-refractivity contribution in [1.82, 2.24) is 0 Å². The van der Waals surface area contributed by atoms with Gasteiger partial charge >= 0.3 is 0 Å². The quantitative estimate of drug-likeness (QED) is 0.105. The van der Waals surface area contributed by atoms with Crippen LogP contribution in [0.25, 0.3) is 0 Å². The van der Waals surface area contributed by atoms with E-state index < -0.39 is 0 Å². The molecule has 0 saturated heterocycles. The van der Waals surface area contributed by atoms with Gasteiger partial charge in [-0.25, -0.2) is 0 Å². The van der Waals surface area contributed by atoms with E-state index in [0.717, 1.165) is 36.5 Å². The number of aliphatic hydroxyl groups is 1. The van der Waals surface area contributed by atoms with Gasteiger partial charge in [-0.2, -0.15) is 0 Å². The molecule has 0 spiro atoms. The maximum Gasteiger partial charge on any atom is 0.161 e. The summed E-state index contributed by atoms with van der Waals surface area (Å²) < 4.78 is 16.3. The summed E-state index contributed by atoms with van der Waals surface area (Å²) in [6.07, 6.45) is 21.8. The van der Waals surface area contributed by atoms with Crippen LogP contribution in [0, 0.1) is 0 Å². The number of halogens is 2. The summed E-state index contributed by atoms with van der Waals surface area (Å²) in [6.45, 7) is 1.45. The molecule has 0 bridgehead atoms. The first-order chi connectivity index (χ1) is 15.8. The number of hydrogen-bond acceptors (Lipinski definition) is 3. The molecule has 182 valence electrons. The predicted molar refractivity (Wildman–Crippen MR) is 154 cm³/mol. The SMILES string of the molecule is OCc1ccc(OCCCCCCCC/C=C\I)c(OCCCCCCCC/C=C\I)c1. The number of rotatable bonds is 21. The third kappa shape index (κ3) is 16.4. The van der Waals surface area contributed by atoms with Crippen LogP contribution in [0.4, 0.5) is 0 Å². The minimum atomic E-state index is 0.0248. The lowest BCUT2D eigenvalue weighted by Gasteiger charge is -2.14. The van der Waals surface area contributed by atoms with Crippen molar-refractivity contribution in [2.24, 2.45) is 0 Å². The average molecular weight is 668 g/mol. The molecule has 1 N–H and O–H groups in total. The molecule has 0 saturated carbocycles. The summed E-state index contributed by atoms with van der Waals surface area (Å²) >= 11 is 4.56. The average Bonchev–Trinajstić information content (AvgIpc) is 2.82. The molecule has 0 amide bonds. The molecule has 1 aromatic rings. The topological polar surface area (TPSA) is 38.7 Å². The van der Waals surface area contributed by atoms with Gasteiger partial charge in [-0.05, 0) is 64.4 Å². The van der Waals surface area contributed by atoms with Gasteiger partial charge in [0.25, 0.3) is 0 Å². The minimum Gasteiger partial charge on any atom is -0.490 e.